The molecular weight excluding hydrogens is 282 g/mol. The number of aromatic nitrogens is 1. The fraction of sp³-hybridized carbons (Fsp3) is 0.308. The van der Waals surface area contributed by atoms with Gasteiger partial charge in [0, 0.05) is 11.4 Å². The van der Waals surface area contributed by atoms with E-state index in [0.717, 1.165) is 15.5 Å². The largest absolute Gasteiger partial charge is 0.465 e. The number of carbonyl (C=O) groups is 1. The first kappa shape index (κ1) is 10.8. The Balaban J connectivity index is 2.26. The summed E-state index contributed by atoms with van der Waals surface area (Å²) in [5.41, 5.74) is 1.73. The number of rotatable bonds is 2. The first-order chi connectivity index (χ1) is 8.22. The van der Waals surface area contributed by atoms with Crippen molar-refractivity contribution in [2.24, 2.45) is 0 Å². The van der Waals surface area contributed by atoms with Crippen LogP contribution in [0, 0.1) is 0 Å². The number of esters is 1. The van der Waals surface area contributed by atoms with Gasteiger partial charge in [0.1, 0.15) is 0 Å². The average molecular weight is 294 g/mol. The van der Waals surface area contributed by atoms with Crippen molar-refractivity contribution in [1.29, 1.82) is 0 Å². The molecule has 0 atom stereocenters. The second-order valence-electron chi connectivity index (χ2n) is 4.30. The standard InChI is InChI=1S/C13H12BrNO2/c1-17-13(16)9-3-2-4-11-10(9)7-12(14)15(11)8-5-6-8/h2-4,7-8H,5-6H2,1H3. The molecule has 0 bridgehead atoms. The summed E-state index contributed by atoms with van der Waals surface area (Å²) in [7, 11) is 1.41. The summed E-state index contributed by atoms with van der Waals surface area (Å²) in [4.78, 5) is 11.7. The highest BCUT2D eigenvalue weighted by Crippen LogP contribution is 2.41. The number of carbonyl (C=O) groups excluding carboxylic acids is 1. The van der Waals surface area contributed by atoms with Crippen LogP contribution in [-0.4, -0.2) is 17.6 Å². The number of benzene rings is 1. The Morgan fingerprint density at radius 3 is 2.88 bits per heavy atom. The Hall–Kier alpha value is -1.29. The molecule has 0 unspecified atom stereocenters. The van der Waals surface area contributed by atoms with Crippen molar-refractivity contribution in [2.45, 2.75) is 18.9 Å². The Labute approximate surface area is 107 Å². The third-order valence-corrected chi connectivity index (χ3v) is 3.76. The summed E-state index contributed by atoms with van der Waals surface area (Å²) < 4.78 is 8.09. The molecule has 1 aromatic carbocycles. The number of halogens is 1. The molecule has 4 heteroatoms. The van der Waals surface area contributed by atoms with Gasteiger partial charge in [-0.25, -0.2) is 4.79 Å². The van der Waals surface area contributed by atoms with Crippen LogP contribution < -0.4 is 0 Å². The van der Waals surface area contributed by atoms with Crippen LogP contribution in [0.3, 0.4) is 0 Å². The van der Waals surface area contributed by atoms with Gasteiger partial charge in [-0.1, -0.05) is 6.07 Å². The van der Waals surface area contributed by atoms with Crippen molar-refractivity contribution >= 4 is 32.8 Å². The van der Waals surface area contributed by atoms with E-state index in [0.29, 0.717) is 11.6 Å². The van der Waals surface area contributed by atoms with Crippen molar-refractivity contribution in [3.8, 4) is 0 Å². The van der Waals surface area contributed by atoms with E-state index in [1.54, 1.807) is 6.07 Å². The zero-order chi connectivity index (χ0) is 12.0. The second-order valence-corrected chi connectivity index (χ2v) is 5.11. The van der Waals surface area contributed by atoms with Gasteiger partial charge in [-0.05, 0) is 47.0 Å². The van der Waals surface area contributed by atoms with Crippen LogP contribution in [0.1, 0.15) is 29.2 Å². The summed E-state index contributed by atoms with van der Waals surface area (Å²) in [6.07, 6.45) is 2.43. The van der Waals surface area contributed by atoms with Crippen LogP contribution in [0.15, 0.2) is 28.9 Å². The number of nitrogens with zero attached hydrogens (tertiary/aromatic N) is 1. The highest BCUT2D eigenvalue weighted by molar-refractivity contribution is 9.10. The van der Waals surface area contributed by atoms with Crippen LogP contribution in [0.2, 0.25) is 0 Å². The maximum atomic E-state index is 11.7. The fourth-order valence-electron chi connectivity index (χ4n) is 2.21. The minimum Gasteiger partial charge on any atom is -0.465 e. The first-order valence-electron chi connectivity index (χ1n) is 5.60. The van der Waals surface area contributed by atoms with Crippen molar-refractivity contribution in [1.82, 2.24) is 4.57 Å². The summed E-state index contributed by atoms with van der Waals surface area (Å²) >= 11 is 3.57. The third-order valence-electron chi connectivity index (χ3n) is 3.15. The zero-order valence-electron chi connectivity index (χ0n) is 9.44. The smallest absolute Gasteiger partial charge is 0.338 e. The lowest BCUT2D eigenvalue weighted by atomic mass is 10.1. The van der Waals surface area contributed by atoms with Gasteiger partial charge < -0.3 is 9.30 Å². The molecule has 1 aliphatic rings. The van der Waals surface area contributed by atoms with Crippen molar-refractivity contribution in [3.05, 3.63) is 34.4 Å². The van der Waals surface area contributed by atoms with E-state index in [-0.39, 0.29) is 5.97 Å². The van der Waals surface area contributed by atoms with E-state index in [4.69, 9.17) is 4.74 Å². The number of hydrogen-bond acceptors (Lipinski definition) is 2. The van der Waals surface area contributed by atoms with Gasteiger partial charge in [0.25, 0.3) is 0 Å². The molecule has 88 valence electrons. The molecule has 1 aliphatic carbocycles. The molecule has 0 aliphatic heterocycles. The van der Waals surface area contributed by atoms with Gasteiger partial charge in [-0.15, -0.1) is 0 Å². The summed E-state index contributed by atoms with van der Waals surface area (Å²) in [6.45, 7) is 0. The lowest BCUT2D eigenvalue weighted by Crippen LogP contribution is -2.01. The highest BCUT2D eigenvalue weighted by Gasteiger charge is 2.27. The molecule has 17 heavy (non-hydrogen) atoms. The van der Waals surface area contributed by atoms with E-state index in [2.05, 4.69) is 20.5 Å². The van der Waals surface area contributed by atoms with Crippen molar-refractivity contribution < 1.29 is 9.53 Å². The van der Waals surface area contributed by atoms with Crippen LogP contribution >= 0.6 is 15.9 Å². The number of methoxy groups -OCH3 is 1. The molecule has 1 heterocycles. The predicted molar refractivity (Wildman–Crippen MR) is 69.2 cm³/mol. The van der Waals surface area contributed by atoms with E-state index in [9.17, 15) is 4.79 Å². The van der Waals surface area contributed by atoms with Crippen LogP contribution in [-0.2, 0) is 4.74 Å². The second kappa shape index (κ2) is 3.88. The molecule has 1 fully saturated rings. The first-order valence-corrected chi connectivity index (χ1v) is 6.39. The lowest BCUT2D eigenvalue weighted by Gasteiger charge is -2.05. The van der Waals surface area contributed by atoms with Gasteiger partial charge in [0.15, 0.2) is 0 Å². The molecular formula is C13H12BrNO2. The average Bonchev–Trinajstić information content (AvgIpc) is 3.10. The van der Waals surface area contributed by atoms with Gasteiger partial charge in [0.2, 0.25) is 0 Å². The third kappa shape index (κ3) is 1.67. The van der Waals surface area contributed by atoms with Crippen LogP contribution in [0.25, 0.3) is 10.9 Å². The Kier molecular flexibility index (Phi) is 2.47. The minimum absolute atomic E-state index is 0.281. The lowest BCUT2D eigenvalue weighted by molar-refractivity contribution is 0.0603. The van der Waals surface area contributed by atoms with Gasteiger partial charge in [-0.2, -0.15) is 0 Å². The summed E-state index contributed by atoms with van der Waals surface area (Å²) in [5, 5.41) is 0.957. The number of fused-ring (bicyclic) bond motifs is 1. The van der Waals surface area contributed by atoms with Crippen molar-refractivity contribution in [2.75, 3.05) is 7.11 Å². The van der Waals surface area contributed by atoms with E-state index in [1.165, 1.54) is 20.0 Å². The topological polar surface area (TPSA) is 31.2 Å². The normalized spacial score (nSPS) is 15.2. The van der Waals surface area contributed by atoms with Crippen LogP contribution in [0.5, 0.6) is 0 Å². The molecule has 3 nitrogen and oxygen atoms in total. The predicted octanol–water partition coefficient (Wildman–Crippen LogP) is 3.53. The Bertz CT molecular complexity index is 599. The maximum Gasteiger partial charge on any atom is 0.338 e. The Morgan fingerprint density at radius 2 is 2.24 bits per heavy atom. The fourth-order valence-corrected chi connectivity index (χ4v) is 2.92. The molecule has 0 amide bonds. The summed E-state index contributed by atoms with van der Waals surface area (Å²) in [5.74, 6) is -0.281. The van der Waals surface area contributed by atoms with E-state index >= 15 is 0 Å². The molecule has 1 saturated carbocycles. The Morgan fingerprint density at radius 1 is 1.47 bits per heavy atom. The number of ether oxygens (including phenoxy) is 1. The minimum atomic E-state index is -0.281. The molecule has 3 rings (SSSR count). The quantitative estimate of drug-likeness (QED) is 0.793. The van der Waals surface area contributed by atoms with Crippen molar-refractivity contribution in [3.63, 3.8) is 0 Å². The van der Waals surface area contributed by atoms with Gasteiger partial charge in [-0.3, -0.25) is 0 Å². The highest BCUT2D eigenvalue weighted by atomic mass is 79.9. The summed E-state index contributed by atoms with van der Waals surface area (Å²) in [6, 6.07) is 8.33. The van der Waals surface area contributed by atoms with E-state index < -0.39 is 0 Å². The van der Waals surface area contributed by atoms with Gasteiger partial charge in [0.05, 0.1) is 22.8 Å². The zero-order valence-corrected chi connectivity index (χ0v) is 11.0. The van der Waals surface area contributed by atoms with Gasteiger partial charge >= 0.3 is 5.97 Å². The molecule has 0 spiro atoms. The molecule has 0 saturated heterocycles. The monoisotopic (exact) mass is 293 g/mol. The SMILES string of the molecule is COC(=O)c1cccc2c1cc(Br)n2C1CC1. The van der Waals surface area contributed by atoms with E-state index in [1.807, 2.05) is 18.2 Å². The molecule has 0 N–H and O–H groups in total. The molecule has 2 aromatic rings. The maximum absolute atomic E-state index is 11.7. The number of hydrogen-bond donors (Lipinski definition) is 0. The molecule has 1 aromatic heterocycles. The molecule has 0 radical (unpaired) electrons. The van der Waals surface area contributed by atoms with Crippen LogP contribution in [0.4, 0.5) is 0 Å².